The number of H-pyrrole nitrogens is 1. The molecule has 0 fully saturated rings. The fourth-order valence-corrected chi connectivity index (χ4v) is 2.96. The molecular formula is C23H23N3O7. The van der Waals surface area contributed by atoms with Crippen molar-refractivity contribution in [3.63, 3.8) is 0 Å². The van der Waals surface area contributed by atoms with Gasteiger partial charge in [-0.3, -0.25) is 24.3 Å². The molecule has 0 saturated carbocycles. The second kappa shape index (κ2) is 10.9. The third-order valence-electron chi connectivity index (χ3n) is 4.67. The zero-order valence-electron chi connectivity index (χ0n) is 18.0. The number of aromatic nitrogens is 2. The van der Waals surface area contributed by atoms with Crippen molar-refractivity contribution in [2.24, 2.45) is 0 Å². The summed E-state index contributed by atoms with van der Waals surface area (Å²) < 4.78 is 10.8. The average Bonchev–Trinajstić information content (AvgIpc) is 2.81. The topological polar surface area (TPSA) is 137 Å². The number of fused-ring (bicyclic) bond motifs is 1. The molecule has 1 aromatic heterocycles. The molecule has 3 aromatic rings. The highest BCUT2D eigenvalue weighted by molar-refractivity contribution is 5.94. The Balaban J connectivity index is 1.52. The third kappa shape index (κ3) is 6.16. The zero-order chi connectivity index (χ0) is 23.8. The predicted octanol–water partition coefficient (Wildman–Crippen LogP) is 1.83. The van der Waals surface area contributed by atoms with Crippen molar-refractivity contribution < 1.29 is 23.9 Å². The number of aromatic amines is 1. The summed E-state index contributed by atoms with van der Waals surface area (Å²) in [6.45, 7) is 1.19. The van der Waals surface area contributed by atoms with E-state index in [9.17, 15) is 24.0 Å². The highest BCUT2D eigenvalue weighted by Gasteiger charge is 2.13. The van der Waals surface area contributed by atoms with Crippen LogP contribution in [0, 0.1) is 0 Å². The van der Waals surface area contributed by atoms with Gasteiger partial charge in [0.15, 0.2) is 6.61 Å². The van der Waals surface area contributed by atoms with E-state index in [1.807, 2.05) is 6.92 Å². The van der Waals surface area contributed by atoms with Crippen LogP contribution in [0.4, 0.5) is 5.69 Å². The highest BCUT2D eigenvalue weighted by atomic mass is 16.5. The van der Waals surface area contributed by atoms with Gasteiger partial charge in [-0.15, -0.1) is 0 Å². The Hall–Kier alpha value is -4.21. The Labute approximate surface area is 188 Å². The van der Waals surface area contributed by atoms with E-state index < -0.39 is 42.1 Å². The summed E-state index contributed by atoms with van der Waals surface area (Å²) in [6, 6.07) is 12.3. The van der Waals surface area contributed by atoms with Gasteiger partial charge in [-0.2, -0.15) is 0 Å². The molecule has 2 N–H and O–H groups in total. The molecule has 0 unspecified atom stereocenters. The first kappa shape index (κ1) is 23.5. The smallest absolute Gasteiger partial charge is 0.338 e. The largest absolute Gasteiger partial charge is 0.462 e. The number of carbonyl (C=O) groups is 3. The van der Waals surface area contributed by atoms with Crippen LogP contribution in [0.3, 0.4) is 0 Å². The van der Waals surface area contributed by atoms with E-state index in [2.05, 4.69) is 10.4 Å². The van der Waals surface area contributed by atoms with Crippen LogP contribution >= 0.6 is 0 Å². The van der Waals surface area contributed by atoms with Crippen LogP contribution in [0.2, 0.25) is 0 Å². The molecular weight excluding hydrogens is 430 g/mol. The summed E-state index contributed by atoms with van der Waals surface area (Å²) >= 11 is 0. The van der Waals surface area contributed by atoms with Gasteiger partial charge in [0.05, 0.1) is 22.9 Å². The molecule has 10 heteroatoms. The number of anilines is 1. The fourth-order valence-electron chi connectivity index (χ4n) is 2.96. The molecule has 3 rings (SSSR count). The van der Waals surface area contributed by atoms with E-state index in [4.69, 9.17) is 9.47 Å². The maximum Gasteiger partial charge on any atom is 0.338 e. The number of benzene rings is 2. The number of esters is 2. The van der Waals surface area contributed by atoms with Crippen molar-refractivity contribution in [3.05, 3.63) is 74.8 Å². The molecule has 2 aromatic carbocycles. The molecule has 0 saturated heterocycles. The summed E-state index contributed by atoms with van der Waals surface area (Å²) in [6.07, 6.45) is 1.70. The monoisotopic (exact) mass is 453 g/mol. The van der Waals surface area contributed by atoms with E-state index >= 15 is 0 Å². The average molecular weight is 453 g/mol. The normalized spacial score (nSPS) is 10.6. The lowest BCUT2D eigenvalue weighted by molar-refractivity contribution is -0.148. The van der Waals surface area contributed by atoms with E-state index in [0.717, 1.165) is 17.5 Å². The molecule has 1 amide bonds. The molecule has 0 bridgehead atoms. The van der Waals surface area contributed by atoms with Crippen molar-refractivity contribution in [2.75, 3.05) is 18.5 Å². The number of hydrogen-bond donors (Lipinski definition) is 2. The zero-order valence-corrected chi connectivity index (χ0v) is 18.0. The van der Waals surface area contributed by atoms with Crippen molar-refractivity contribution in [1.29, 1.82) is 0 Å². The van der Waals surface area contributed by atoms with E-state index in [1.165, 1.54) is 36.4 Å². The Morgan fingerprint density at radius 1 is 0.970 bits per heavy atom. The van der Waals surface area contributed by atoms with Crippen molar-refractivity contribution >= 4 is 34.3 Å². The maximum absolute atomic E-state index is 12.4. The van der Waals surface area contributed by atoms with E-state index in [1.54, 1.807) is 12.1 Å². The minimum Gasteiger partial charge on any atom is -0.462 e. The predicted molar refractivity (Wildman–Crippen MR) is 120 cm³/mol. The van der Waals surface area contributed by atoms with Crippen LogP contribution in [0.1, 0.15) is 30.1 Å². The maximum atomic E-state index is 12.4. The number of nitrogens with zero attached hydrogens (tertiary/aromatic N) is 1. The second-order valence-corrected chi connectivity index (χ2v) is 7.15. The summed E-state index contributed by atoms with van der Waals surface area (Å²) in [4.78, 5) is 60.5. The summed E-state index contributed by atoms with van der Waals surface area (Å²) in [5, 5.41) is 5.23. The number of amides is 1. The van der Waals surface area contributed by atoms with Crippen LogP contribution in [-0.2, 0) is 25.6 Å². The number of unbranched alkanes of at least 4 members (excludes halogenated alkanes) is 1. The van der Waals surface area contributed by atoms with Crippen LogP contribution in [0.25, 0.3) is 10.8 Å². The van der Waals surface area contributed by atoms with Gasteiger partial charge < -0.3 is 14.8 Å². The molecule has 10 nitrogen and oxygen atoms in total. The minimum atomic E-state index is -0.872. The summed E-state index contributed by atoms with van der Waals surface area (Å²) in [5.74, 6) is -1.93. The highest BCUT2D eigenvalue weighted by Crippen LogP contribution is 2.11. The van der Waals surface area contributed by atoms with Gasteiger partial charge in [-0.1, -0.05) is 25.5 Å². The lowest BCUT2D eigenvalue weighted by Gasteiger charge is -2.09. The fraction of sp³-hybridized carbons (Fsp3) is 0.261. The van der Waals surface area contributed by atoms with Crippen LogP contribution < -0.4 is 16.4 Å². The molecule has 0 aliphatic rings. The lowest BCUT2D eigenvalue weighted by Crippen LogP contribution is -2.33. The van der Waals surface area contributed by atoms with Crippen molar-refractivity contribution in [2.45, 2.75) is 26.3 Å². The van der Waals surface area contributed by atoms with Gasteiger partial charge in [0, 0.05) is 5.69 Å². The lowest BCUT2D eigenvalue weighted by atomic mass is 10.2. The SMILES string of the molecule is CCCCOC(=O)c1ccc(NC(=O)COC(=O)Cn2[nH]c(=O)c3ccccc3c2=O)cc1. The minimum absolute atomic E-state index is 0.171. The van der Waals surface area contributed by atoms with E-state index in [-0.39, 0.29) is 10.8 Å². The molecule has 1 heterocycles. The first-order valence-electron chi connectivity index (χ1n) is 10.3. The Morgan fingerprint density at radius 2 is 1.67 bits per heavy atom. The first-order valence-corrected chi connectivity index (χ1v) is 10.3. The Morgan fingerprint density at radius 3 is 2.36 bits per heavy atom. The molecule has 0 radical (unpaired) electrons. The quantitative estimate of drug-likeness (QED) is 0.372. The van der Waals surface area contributed by atoms with Gasteiger partial charge in [0.2, 0.25) is 0 Å². The third-order valence-corrected chi connectivity index (χ3v) is 4.67. The number of nitrogens with one attached hydrogen (secondary N) is 2. The number of rotatable bonds is 9. The van der Waals surface area contributed by atoms with Crippen LogP contribution in [-0.4, -0.2) is 40.8 Å². The molecule has 33 heavy (non-hydrogen) atoms. The van der Waals surface area contributed by atoms with Gasteiger partial charge in [0.1, 0.15) is 6.54 Å². The molecule has 0 spiro atoms. The van der Waals surface area contributed by atoms with Crippen molar-refractivity contribution in [3.8, 4) is 0 Å². The second-order valence-electron chi connectivity index (χ2n) is 7.15. The Bertz CT molecular complexity index is 1280. The van der Waals surface area contributed by atoms with Crippen LogP contribution in [0.5, 0.6) is 0 Å². The first-order chi connectivity index (χ1) is 15.9. The van der Waals surface area contributed by atoms with Crippen molar-refractivity contribution in [1.82, 2.24) is 9.78 Å². The molecule has 0 aliphatic carbocycles. The number of hydrogen-bond acceptors (Lipinski definition) is 7. The molecule has 172 valence electrons. The number of ether oxygens (including phenoxy) is 2. The van der Waals surface area contributed by atoms with Gasteiger partial charge >= 0.3 is 11.9 Å². The molecule has 0 aliphatic heterocycles. The van der Waals surface area contributed by atoms with Gasteiger partial charge in [-0.25, -0.2) is 9.48 Å². The van der Waals surface area contributed by atoms with E-state index in [0.29, 0.717) is 17.9 Å². The molecule has 0 atom stereocenters. The Kier molecular flexibility index (Phi) is 7.74. The number of carbonyl (C=O) groups excluding carboxylic acids is 3. The summed E-state index contributed by atoms with van der Waals surface area (Å²) in [5.41, 5.74) is -0.324. The van der Waals surface area contributed by atoms with Gasteiger partial charge in [0.25, 0.3) is 17.0 Å². The standard InChI is InChI=1S/C23H23N3O7/c1-2-3-12-32-23(31)15-8-10-16(11-9-15)24-19(27)14-33-20(28)13-26-22(30)18-7-5-4-6-17(18)21(29)25-26/h4-11H,2-3,12-14H2,1H3,(H,24,27)(H,25,29). The van der Waals surface area contributed by atoms with Crippen LogP contribution in [0.15, 0.2) is 58.1 Å². The van der Waals surface area contributed by atoms with Gasteiger partial charge in [-0.05, 0) is 42.8 Å². The summed E-state index contributed by atoms with van der Waals surface area (Å²) in [7, 11) is 0.